The topological polar surface area (TPSA) is 86.7 Å². The summed E-state index contributed by atoms with van der Waals surface area (Å²) in [6, 6.07) is 3.90. The minimum Gasteiger partial charge on any atom is -0.340 e. The normalized spacial score (nSPS) is 19.1. The van der Waals surface area contributed by atoms with E-state index in [4.69, 9.17) is 0 Å². The first kappa shape index (κ1) is 22.3. The summed E-state index contributed by atoms with van der Waals surface area (Å²) in [5.74, 6) is -0.0132. The number of piperazine rings is 1. The summed E-state index contributed by atoms with van der Waals surface area (Å²) >= 11 is 1.50. The zero-order valence-electron chi connectivity index (χ0n) is 17.8. The molecule has 10 heteroatoms. The van der Waals surface area contributed by atoms with E-state index in [1.165, 1.54) is 22.1 Å². The molecular weight excluding hydrogens is 434 g/mol. The van der Waals surface area contributed by atoms with Crippen molar-refractivity contribution in [2.45, 2.75) is 44.6 Å². The van der Waals surface area contributed by atoms with Crippen LogP contribution in [-0.4, -0.2) is 77.1 Å². The fourth-order valence-electron chi connectivity index (χ4n) is 4.26. The molecule has 0 unspecified atom stereocenters. The number of pyridine rings is 1. The van der Waals surface area contributed by atoms with Gasteiger partial charge in [0.1, 0.15) is 5.01 Å². The van der Waals surface area contributed by atoms with Gasteiger partial charge in [-0.3, -0.25) is 9.78 Å². The lowest BCUT2D eigenvalue weighted by Gasteiger charge is -2.38. The van der Waals surface area contributed by atoms with Gasteiger partial charge < -0.3 is 4.90 Å². The van der Waals surface area contributed by atoms with Crippen LogP contribution in [0.5, 0.6) is 0 Å². The van der Waals surface area contributed by atoms with E-state index >= 15 is 0 Å². The van der Waals surface area contributed by atoms with Crippen LogP contribution < -0.4 is 0 Å². The molecule has 1 amide bonds. The van der Waals surface area contributed by atoms with Crippen molar-refractivity contribution in [3.05, 3.63) is 35.6 Å². The summed E-state index contributed by atoms with van der Waals surface area (Å²) in [5.41, 5.74) is 1.67. The Labute approximate surface area is 188 Å². The molecule has 1 saturated heterocycles. The summed E-state index contributed by atoms with van der Waals surface area (Å²) in [4.78, 5) is 23.2. The van der Waals surface area contributed by atoms with Gasteiger partial charge in [0.25, 0.3) is 10.2 Å². The van der Waals surface area contributed by atoms with Gasteiger partial charge in [-0.15, -0.1) is 11.3 Å². The van der Waals surface area contributed by atoms with Crippen LogP contribution in [0.15, 0.2) is 29.9 Å². The Hall–Kier alpha value is -1.88. The molecule has 1 saturated carbocycles. The quantitative estimate of drug-likeness (QED) is 0.657. The largest absolute Gasteiger partial charge is 0.340 e. The molecule has 3 heterocycles. The fraction of sp³-hybridized carbons (Fsp3) is 0.571. The summed E-state index contributed by atoms with van der Waals surface area (Å²) in [6.45, 7) is 1.50. The fourth-order valence-corrected chi connectivity index (χ4v) is 6.65. The van der Waals surface area contributed by atoms with Crippen LogP contribution in [0.2, 0.25) is 0 Å². The van der Waals surface area contributed by atoms with Crippen molar-refractivity contribution in [1.29, 1.82) is 0 Å². The number of hydrogen-bond donors (Lipinski definition) is 0. The van der Waals surface area contributed by atoms with Crippen LogP contribution in [0, 0.1) is 0 Å². The van der Waals surface area contributed by atoms with Crippen molar-refractivity contribution in [1.82, 2.24) is 23.5 Å². The molecule has 0 atom stereocenters. The minimum absolute atomic E-state index is 0.0132. The summed E-state index contributed by atoms with van der Waals surface area (Å²) in [7, 11) is -1.79. The lowest BCUT2D eigenvalue weighted by atomic mass is 9.96. The number of carbonyl (C=O) groups is 1. The average molecular weight is 464 g/mol. The van der Waals surface area contributed by atoms with Gasteiger partial charge >= 0.3 is 0 Å². The number of thiazole rings is 1. The van der Waals surface area contributed by atoms with Crippen molar-refractivity contribution in [2.24, 2.45) is 0 Å². The van der Waals surface area contributed by atoms with Crippen molar-refractivity contribution in [3.63, 3.8) is 0 Å². The Bertz CT molecular complexity index is 981. The summed E-state index contributed by atoms with van der Waals surface area (Å²) in [5, 5.41) is 2.75. The molecule has 0 spiro atoms. The average Bonchev–Trinajstić information content (AvgIpc) is 3.28. The van der Waals surface area contributed by atoms with Crippen molar-refractivity contribution >= 4 is 27.5 Å². The van der Waals surface area contributed by atoms with Crippen LogP contribution in [0.3, 0.4) is 0 Å². The Morgan fingerprint density at radius 3 is 2.61 bits per heavy atom. The molecular formula is C21H29N5O3S2. The zero-order chi connectivity index (χ0) is 21.8. The maximum atomic E-state index is 13.0. The zero-order valence-corrected chi connectivity index (χ0v) is 19.4. The molecule has 0 N–H and O–H groups in total. The van der Waals surface area contributed by atoms with Gasteiger partial charge in [0, 0.05) is 62.6 Å². The first-order valence-electron chi connectivity index (χ1n) is 10.8. The molecule has 0 aromatic carbocycles. The van der Waals surface area contributed by atoms with E-state index in [0.717, 1.165) is 41.9 Å². The number of nitrogens with zero attached hydrogens (tertiary/aromatic N) is 5. The second kappa shape index (κ2) is 9.72. The van der Waals surface area contributed by atoms with Crippen LogP contribution in [0.1, 0.15) is 37.8 Å². The Kier molecular flexibility index (Phi) is 7.00. The molecule has 1 aliphatic heterocycles. The maximum absolute atomic E-state index is 13.0. The van der Waals surface area contributed by atoms with Gasteiger partial charge in [-0.1, -0.05) is 19.3 Å². The molecule has 2 aromatic heterocycles. The highest BCUT2D eigenvalue weighted by Gasteiger charge is 2.35. The monoisotopic (exact) mass is 463 g/mol. The Balaban J connectivity index is 1.31. The maximum Gasteiger partial charge on any atom is 0.282 e. The lowest BCUT2D eigenvalue weighted by Crippen LogP contribution is -2.55. The SMILES string of the molecule is CN(C1CCCCC1)S(=O)(=O)N1CCN(C(=O)Cc2csc(-c3cccnc3)n2)CC1. The lowest BCUT2D eigenvalue weighted by molar-refractivity contribution is -0.131. The molecule has 8 nitrogen and oxygen atoms in total. The predicted octanol–water partition coefficient (Wildman–Crippen LogP) is 2.40. The van der Waals surface area contributed by atoms with E-state index < -0.39 is 10.2 Å². The third-order valence-corrected chi connectivity index (χ3v) is 9.15. The third kappa shape index (κ3) is 5.14. The predicted molar refractivity (Wildman–Crippen MR) is 121 cm³/mol. The van der Waals surface area contributed by atoms with Crippen molar-refractivity contribution < 1.29 is 13.2 Å². The number of amides is 1. The van der Waals surface area contributed by atoms with Crippen LogP contribution in [0.4, 0.5) is 0 Å². The molecule has 4 rings (SSSR count). The minimum atomic E-state index is -3.48. The number of aromatic nitrogens is 2. The van der Waals surface area contributed by atoms with Gasteiger partial charge in [0.2, 0.25) is 5.91 Å². The number of hydrogen-bond acceptors (Lipinski definition) is 6. The van der Waals surface area contributed by atoms with Crippen molar-refractivity contribution in [3.8, 4) is 10.6 Å². The Morgan fingerprint density at radius 1 is 1.19 bits per heavy atom. The van der Waals surface area contributed by atoms with Gasteiger partial charge in [-0.25, -0.2) is 4.98 Å². The number of carbonyl (C=O) groups excluding carboxylic acids is 1. The second-order valence-corrected chi connectivity index (χ2v) is 11.0. The molecule has 0 bridgehead atoms. The highest BCUT2D eigenvalue weighted by Crippen LogP contribution is 2.26. The van der Waals surface area contributed by atoms with E-state index in [-0.39, 0.29) is 18.4 Å². The molecule has 168 valence electrons. The molecule has 0 radical (unpaired) electrons. The first-order chi connectivity index (χ1) is 14.9. The van der Waals surface area contributed by atoms with Crippen molar-refractivity contribution in [2.75, 3.05) is 33.2 Å². The summed E-state index contributed by atoms with van der Waals surface area (Å²) < 4.78 is 29.1. The van der Waals surface area contributed by atoms with E-state index in [9.17, 15) is 13.2 Å². The van der Waals surface area contributed by atoms with Crippen LogP contribution in [-0.2, 0) is 21.4 Å². The van der Waals surface area contributed by atoms with Crippen LogP contribution in [0.25, 0.3) is 10.6 Å². The molecule has 2 aromatic rings. The van der Waals surface area contributed by atoms with Gasteiger partial charge in [0.15, 0.2) is 0 Å². The first-order valence-corrected chi connectivity index (χ1v) is 13.1. The Morgan fingerprint density at radius 2 is 1.94 bits per heavy atom. The van der Waals surface area contributed by atoms with E-state index in [1.807, 2.05) is 17.5 Å². The van der Waals surface area contributed by atoms with E-state index in [2.05, 4.69) is 9.97 Å². The standard InChI is InChI=1S/C21H29N5O3S2/c1-24(19-7-3-2-4-8-19)31(28,29)26-12-10-25(11-13-26)20(27)14-18-16-30-21(23-18)17-6-5-9-22-15-17/h5-6,9,15-16,19H,2-4,7-8,10-14H2,1H3. The molecule has 2 aliphatic rings. The highest BCUT2D eigenvalue weighted by atomic mass is 32.2. The van der Waals surface area contributed by atoms with Gasteiger partial charge in [0.05, 0.1) is 12.1 Å². The smallest absolute Gasteiger partial charge is 0.282 e. The second-order valence-electron chi connectivity index (χ2n) is 8.16. The van der Waals surface area contributed by atoms with Gasteiger partial charge in [-0.2, -0.15) is 17.0 Å². The molecule has 1 aliphatic carbocycles. The molecule has 2 fully saturated rings. The number of rotatable bonds is 6. The highest BCUT2D eigenvalue weighted by molar-refractivity contribution is 7.86. The summed E-state index contributed by atoms with van der Waals surface area (Å²) in [6.07, 6.45) is 8.94. The third-order valence-electron chi connectivity index (χ3n) is 6.16. The molecule has 31 heavy (non-hydrogen) atoms. The van der Waals surface area contributed by atoms with Gasteiger partial charge in [-0.05, 0) is 25.0 Å². The van der Waals surface area contributed by atoms with E-state index in [1.54, 1.807) is 28.6 Å². The van der Waals surface area contributed by atoms with Crippen LogP contribution >= 0.6 is 11.3 Å². The van der Waals surface area contributed by atoms with E-state index in [0.29, 0.717) is 26.2 Å².